The van der Waals surface area contributed by atoms with Gasteiger partial charge in [0.2, 0.25) is 5.91 Å². The van der Waals surface area contributed by atoms with Crippen LogP contribution in [0.25, 0.3) is 0 Å². The number of anilines is 1. The summed E-state index contributed by atoms with van der Waals surface area (Å²) in [7, 11) is -3.46. The Balaban J connectivity index is 0.00000243. The number of benzene rings is 2. The first-order valence-corrected chi connectivity index (χ1v) is 10.1. The Morgan fingerprint density at radius 3 is 2.35 bits per heavy atom. The maximum absolute atomic E-state index is 12.6. The lowest BCUT2D eigenvalue weighted by molar-refractivity contribution is -0.115. The summed E-state index contributed by atoms with van der Waals surface area (Å²) in [5, 5.41) is 5.94. The van der Waals surface area contributed by atoms with Crippen LogP contribution in [-0.2, 0) is 20.4 Å². The van der Waals surface area contributed by atoms with Crippen LogP contribution in [0.5, 0.6) is 0 Å². The molecule has 0 saturated heterocycles. The maximum atomic E-state index is 12.6. The summed E-state index contributed by atoms with van der Waals surface area (Å²) in [6.45, 7) is 1.09. The number of amides is 1. The average molecular weight is 395 g/mol. The molecule has 5 nitrogen and oxygen atoms in total. The van der Waals surface area contributed by atoms with E-state index in [1.807, 2.05) is 0 Å². The van der Waals surface area contributed by atoms with E-state index in [0.29, 0.717) is 17.2 Å². The van der Waals surface area contributed by atoms with Gasteiger partial charge in [-0.25, -0.2) is 8.42 Å². The van der Waals surface area contributed by atoms with E-state index in [2.05, 4.69) is 10.6 Å². The van der Waals surface area contributed by atoms with Gasteiger partial charge in [0.15, 0.2) is 9.84 Å². The molecule has 1 aliphatic rings. The van der Waals surface area contributed by atoms with Crippen molar-refractivity contribution in [2.75, 3.05) is 18.4 Å². The van der Waals surface area contributed by atoms with E-state index in [-0.39, 0.29) is 35.5 Å². The van der Waals surface area contributed by atoms with Gasteiger partial charge in [0.25, 0.3) is 0 Å². The summed E-state index contributed by atoms with van der Waals surface area (Å²) in [4.78, 5) is 12.4. The van der Waals surface area contributed by atoms with Gasteiger partial charge < -0.3 is 10.6 Å². The number of sulfone groups is 1. The lowest BCUT2D eigenvalue weighted by Gasteiger charge is -2.12. The summed E-state index contributed by atoms with van der Waals surface area (Å²) in [6.07, 6.45) is 2.46. The van der Waals surface area contributed by atoms with E-state index in [1.54, 1.807) is 54.6 Å². The molecular weight excluding hydrogens is 372 g/mol. The number of hydrogen-bond acceptors (Lipinski definition) is 4. The number of carbonyl (C=O) groups excluding carboxylic acids is 1. The monoisotopic (exact) mass is 394 g/mol. The number of nitrogens with one attached hydrogen (secondary N) is 2. The Labute approximate surface area is 160 Å². The molecule has 0 aromatic heterocycles. The van der Waals surface area contributed by atoms with Gasteiger partial charge in [0, 0.05) is 5.69 Å². The number of rotatable bonds is 8. The summed E-state index contributed by atoms with van der Waals surface area (Å²) < 4.78 is 25.1. The molecule has 1 amide bonds. The molecule has 7 heteroatoms. The second-order valence-corrected chi connectivity index (χ2v) is 8.34. The minimum Gasteiger partial charge on any atom is -0.325 e. The molecule has 2 aromatic rings. The number of halogens is 1. The topological polar surface area (TPSA) is 75.3 Å². The van der Waals surface area contributed by atoms with Gasteiger partial charge >= 0.3 is 0 Å². The zero-order chi connectivity index (χ0) is 17.7. The fourth-order valence-corrected chi connectivity index (χ4v) is 3.99. The van der Waals surface area contributed by atoms with Crippen molar-refractivity contribution in [3.8, 4) is 0 Å². The highest BCUT2D eigenvalue weighted by Gasteiger charge is 2.21. The molecule has 0 spiro atoms. The van der Waals surface area contributed by atoms with E-state index in [4.69, 9.17) is 0 Å². The number of para-hydroxylation sites is 1. The van der Waals surface area contributed by atoms with Crippen LogP contribution in [0.15, 0.2) is 59.5 Å². The van der Waals surface area contributed by atoms with Crippen LogP contribution in [-0.4, -0.2) is 27.4 Å². The molecule has 2 N–H and O–H groups in total. The highest BCUT2D eigenvalue weighted by Crippen LogP contribution is 2.27. The molecule has 26 heavy (non-hydrogen) atoms. The van der Waals surface area contributed by atoms with Crippen LogP contribution in [0.2, 0.25) is 0 Å². The van der Waals surface area contributed by atoms with Gasteiger partial charge in [-0.2, -0.15) is 0 Å². The van der Waals surface area contributed by atoms with Crippen molar-refractivity contribution in [1.82, 2.24) is 5.32 Å². The summed E-state index contributed by atoms with van der Waals surface area (Å²) >= 11 is 0. The minimum atomic E-state index is -3.46. The van der Waals surface area contributed by atoms with Crippen molar-refractivity contribution in [3.63, 3.8) is 0 Å². The van der Waals surface area contributed by atoms with E-state index >= 15 is 0 Å². The number of hydrogen-bond donors (Lipinski definition) is 2. The van der Waals surface area contributed by atoms with Gasteiger partial charge in [-0.15, -0.1) is 12.4 Å². The fourth-order valence-electron chi connectivity index (χ4n) is 2.59. The molecule has 140 valence electrons. The van der Waals surface area contributed by atoms with Crippen LogP contribution < -0.4 is 10.6 Å². The lowest BCUT2D eigenvalue weighted by Crippen LogP contribution is -2.29. The molecule has 1 aliphatic carbocycles. The van der Waals surface area contributed by atoms with Crippen molar-refractivity contribution in [2.24, 2.45) is 5.92 Å². The van der Waals surface area contributed by atoms with E-state index < -0.39 is 9.84 Å². The van der Waals surface area contributed by atoms with Gasteiger partial charge in [-0.1, -0.05) is 36.4 Å². The molecule has 0 radical (unpaired) electrons. The van der Waals surface area contributed by atoms with Crippen LogP contribution in [0, 0.1) is 5.92 Å². The second-order valence-electron chi connectivity index (χ2n) is 6.35. The van der Waals surface area contributed by atoms with Crippen molar-refractivity contribution in [2.45, 2.75) is 23.5 Å². The summed E-state index contributed by atoms with van der Waals surface area (Å²) in [6, 6.07) is 15.4. The normalized spacial score (nSPS) is 13.7. The van der Waals surface area contributed by atoms with Gasteiger partial charge in [-0.3, -0.25) is 4.79 Å². The number of carbonyl (C=O) groups is 1. The average Bonchev–Trinajstić information content (AvgIpc) is 3.42. The first-order chi connectivity index (χ1) is 12.0. The smallest absolute Gasteiger partial charge is 0.238 e. The third-order valence-corrected chi connectivity index (χ3v) is 5.84. The molecule has 1 fully saturated rings. The summed E-state index contributed by atoms with van der Waals surface area (Å²) in [5.41, 5.74) is 1.13. The predicted octanol–water partition coefficient (Wildman–Crippen LogP) is 3.02. The fraction of sp³-hybridized carbons (Fsp3) is 0.316. The lowest BCUT2D eigenvalue weighted by atomic mass is 10.2. The molecule has 0 aliphatic heterocycles. The molecular formula is C19H23ClN2O3S. The van der Waals surface area contributed by atoms with Crippen LogP contribution in [0.1, 0.15) is 18.4 Å². The highest BCUT2D eigenvalue weighted by atomic mass is 35.5. The Morgan fingerprint density at radius 1 is 1.00 bits per heavy atom. The van der Waals surface area contributed by atoms with Gasteiger partial charge in [-0.05, 0) is 49.1 Å². The standard InChI is InChI=1S/C19H22N2O3S.ClH/c22-19(13-20-12-15-10-11-15)21-18-9-5-4-6-16(18)14-25(23,24)17-7-2-1-3-8-17;/h1-9,15,20H,10-14H2,(H,21,22);1H. The first-order valence-electron chi connectivity index (χ1n) is 8.41. The molecule has 1 saturated carbocycles. The molecule has 0 unspecified atom stereocenters. The zero-order valence-electron chi connectivity index (χ0n) is 14.4. The van der Waals surface area contributed by atoms with Crippen molar-refractivity contribution >= 4 is 33.8 Å². The molecule has 3 rings (SSSR count). The Kier molecular flexibility index (Phi) is 7.20. The highest BCUT2D eigenvalue weighted by molar-refractivity contribution is 7.90. The van der Waals surface area contributed by atoms with Crippen LogP contribution in [0.4, 0.5) is 5.69 Å². The maximum Gasteiger partial charge on any atom is 0.238 e. The zero-order valence-corrected chi connectivity index (χ0v) is 16.0. The Bertz CT molecular complexity index is 837. The third kappa shape index (κ3) is 5.83. The first kappa shape index (κ1) is 20.4. The Hall–Kier alpha value is -1.89. The SMILES string of the molecule is Cl.O=C(CNCC1CC1)Nc1ccccc1CS(=O)(=O)c1ccccc1. The minimum absolute atomic E-state index is 0. The van der Waals surface area contributed by atoms with Gasteiger partial charge in [0.1, 0.15) is 0 Å². The van der Waals surface area contributed by atoms with E-state index in [9.17, 15) is 13.2 Å². The second kappa shape index (κ2) is 9.16. The quantitative estimate of drug-likeness (QED) is 0.721. The van der Waals surface area contributed by atoms with Crippen molar-refractivity contribution < 1.29 is 13.2 Å². The molecule has 0 heterocycles. The summed E-state index contributed by atoms with van der Waals surface area (Å²) in [5.74, 6) is 0.393. The van der Waals surface area contributed by atoms with Gasteiger partial charge in [0.05, 0.1) is 17.2 Å². The largest absolute Gasteiger partial charge is 0.325 e. The molecule has 0 atom stereocenters. The molecule has 0 bridgehead atoms. The van der Waals surface area contributed by atoms with E-state index in [0.717, 1.165) is 6.54 Å². The van der Waals surface area contributed by atoms with Crippen molar-refractivity contribution in [3.05, 3.63) is 60.2 Å². The molecule has 2 aromatic carbocycles. The van der Waals surface area contributed by atoms with E-state index in [1.165, 1.54) is 12.8 Å². The predicted molar refractivity (Wildman–Crippen MR) is 105 cm³/mol. The third-order valence-electron chi connectivity index (χ3n) is 4.15. The van der Waals surface area contributed by atoms with Crippen LogP contribution in [0.3, 0.4) is 0 Å². The van der Waals surface area contributed by atoms with Crippen LogP contribution >= 0.6 is 12.4 Å². The van der Waals surface area contributed by atoms with Crippen molar-refractivity contribution in [1.29, 1.82) is 0 Å². The Morgan fingerprint density at radius 2 is 1.65 bits per heavy atom.